The molecule has 1 amide bonds. The number of carbonyl (C=O) groups is 1. The molecule has 3 aromatic rings. The lowest BCUT2D eigenvalue weighted by atomic mass is 10.2. The van der Waals surface area contributed by atoms with Crippen LogP contribution in [0.5, 0.6) is 5.75 Å². The number of nitrogens with zero attached hydrogens (tertiary/aromatic N) is 3. The largest absolute Gasteiger partial charge is 0.494 e. The van der Waals surface area contributed by atoms with E-state index in [4.69, 9.17) is 4.74 Å². The fourth-order valence-corrected chi connectivity index (χ4v) is 2.96. The maximum atomic E-state index is 12.3. The van der Waals surface area contributed by atoms with Gasteiger partial charge in [0.15, 0.2) is 4.96 Å². The maximum Gasteiger partial charge on any atom is 0.290 e. The minimum absolute atomic E-state index is 0.282. The minimum Gasteiger partial charge on any atom is -0.494 e. The van der Waals surface area contributed by atoms with Crippen LogP contribution < -0.4 is 10.2 Å². The lowest BCUT2D eigenvalue weighted by Crippen LogP contribution is -2.20. The highest BCUT2D eigenvalue weighted by Gasteiger charge is 2.16. The predicted molar refractivity (Wildman–Crippen MR) is 90.5 cm³/mol. The summed E-state index contributed by atoms with van der Waals surface area (Å²) in [7, 11) is 0. The van der Waals surface area contributed by atoms with Crippen molar-refractivity contribution >= 4 is 28.4 Å². The van der Waals surface area contributed by atoms with E-state index in [1.807, 2.05) is 49.7 Å². The van der Waals surface area contributed by atoms with Gasteiger partial charge in [0.2, 0.25) is 0 Å². The van der Waals surface area contributed by atoms with Gasteiger partial charge in [-0.05, 0) is 43.7 Å². The number of aryl methyl sites for hydroxylation is 1. The first kappa shape index (κ1) is 15.2. The Morgan fingerprint density at radius 1 is 1.43 bits per heavy atom. The van der Waals surface area contributed by atoms with Gasteiger partial charge in [0.05, 0.1) is 18.5 Å². The van der Waals surface area contributed by atoms with Gasteiger partial charge in [-0.2, -0.15) is 5.10 Å². The normalized spacial score (nSPS) is 11.2. The molecule has 1 aromatic carbocycles. The van der Waals surface area contributed by atoms with Gasteiger partial charge >= 0.3 is 0 Å². The summed E-state index contributed by atoms with van der Waals surface area (Å²) in [6.07, 6.45) is 3.42. The third-order valence-corrected chi connectivity index (χ3v) is 3.98. The molecule has 0 saturated carbocycles. The van der Waals surface area contributed by atoms with Gasteiger partial charge in [-0.15, -0.1) is 11.3 Å². The molecule has 0 bridgehead atoms. The number of thiazole rings is 1. The molecule has 6 nitrogen and oxygen atoms in total. The molecule has 2 heterocycles. The van der Waals surface area contributed by atoms with Crippen LogP contribution in [0.1, 0.15) is 28.7 Å². The molecule has 0 radical (unpaired) electrons. The Balaban J connectivity index is 1.68. The molecule has 3 rings (SSSR count). The summed E-state index contributed by atoms with van der Waals surface area (Å²) in [5.74, 6) is 0.527. The second-order valence-electron chi connectivity index (χ2n) is 4.80. The quantitative estimate of drug-likeness (QED) is 0.578. The van der Waals surface area contributed by atoms with E-state index in [1.54, 1.807) is 10.6 Å². The summed E-state index contributed by atoms with van der Waals surface area (Å²) in [6.45, 7) is 4.38. The fourth-order valence-electron chi connectivity index (χ4n) is 2.20. The molecule has 2 aromatic heterocycles. The number of hydrogen-bond donors (Lipinski definition) is 1. The first-order valence-electron chi connectivity index (χ1n) is 7.17. The molecular weight excluding hydrogens is 312 g/mol. The van der Waals surface area contributed by atoms with Crippen LogP contribution in [0, 0.1) is 6.92 Å². The van der Waals surface area contributed by atoms with Crippen molar-refractivity contribution in [2.24, 2.45) is 5.10 Å². The molecule has 23 heavy (non-hydrogen) atoms. The number of nitrogens with one attached hydrogen (secondary N) is 1. The number of amides is 1. The summed E-state index contributed by atoms with van der Waals surface area (Å²) in [5.41, 5.74) is 4.60. The van der Waals surface area contributed by atoms with Crippen molar-refractivity contribution in [1.82, 2.24) is 14.8 Å². The topological polar surface area (TPSA) is 68.0 Å². The van der Waals surface area contributed by atoms with Crippen LogP contribution in [0.4, 0.5) is 0 Å². The van der Waals surface area contributed by atoms with Crippen LogP contribution in [0.15, 0.2) is 40.9 Å². The number of fused-ring (bicyclic) bond motifs is 1. The molecule has 0 fully saturated rings. The van der Waals surface area contributed by atoms with Gasteiger partial charge in [-0.1, -0.05) is 0 Å². The van der Waals surface area contributed by atoms with Crippen LogP contribution in [0.25, 0.3) is 4.96 Å². The van der Waals surface area contributed by atoms with E-state index >= 15 is 0 Å². The van der Waals surface area contributed by atoms with E-state index in [2.05, 4.69) is 15.5 Å². The third kappa shape index (κ3) is 3.24. The summed E-state index contributed by atoms with van der Waals surface area (Å²) in [5, 5.41) is 5.89. The van der Waals surface area contributed by atoms with Crippen LogP contribution in [0.3, 0.4) is 0 Å². The van der Waals surface area contributed by atoms with Crippen LogP contribution in [-0.4, -0.2) is 28.1 Å². The molecular formula is C16H16N4O2S. The SMILES string of the molecule is CCOc1ccc(/C=N\NC(=O)c2c(C)nc3sccn23)cc1. The summed E-state index contributed by atoms with van der Waals surface area (Å²) >= 11 is 1.49. The van der Waals surface area contributed by atoms with Crippen molar-refractivity contribution in [1.29, 1.82) is 0 Å². The molecule has 0 aliphatic carbocycles. The van der Waals surface area contributed by atoms with E-state index in [-0.39, 0.29) is 5.91 Å². The Morgan fingerprint density at radius 3 is 2.96 bits per heavy atom. The van der Waals surface area contributed by atoms with Crippen LogP contribution in [0.2, 0.25) is 0 Å². The molecule has 0 atom stereocenters. The summed E-state index contributed by atoms with van der Waals surface area (Å²) in [6, 6.07) is 7.48. The first-order chi connectivity index (χ1) is 11.2. The first-order valence-corrected chi connectivity index (χ1v) is 8.05. The van der Waals surface area contributed by atoms with Crippen LogP contribution in [-0.2, 0) is 0 Å². The summed E-state index contributed by atoms with van der Waals surface area (Å²) in [4.78, 5) is 17.4. The Kier molecular flexibility index (Phi) is 4.38. The van der Waals surface area contributed by atoms with Gasteiger partial charge in [0.1, 0.15) is 11.4 Å². The standard InChI is InChI=1S/C16H16N4O2S/c1-3-22-13-6-4-12(5-7-13)10-17-19-15(21)14-11(2)18-16-20(14)8-9-23-16/h4-10H,3H2,1-2H3,(H,19,21)/b17-10-. The van der Waals surface area contributed by atoms with Crippen molar-refractivity contribution in [3.63, 3.8) is 0 Å². The van der Waals surface area contributed by atoms with E-state index < -0.39 is 0 Å². The molecule has 0 aliphatic heterocycles. The monoisotopic (exact) mass is 328 g/mol. The van der Waals surface area contributed by atoms with Crippen molar-refractivity contribution in [3.05, 3.63) is 52.8 Å². The fraction of sp³-hybridized carbons (Fsp3) is 0.188. The average Bonchev–Trinajstić information content (AvgIpc) is 3.09. The Labute approximate surface area is 137 Å². The number of aromatic nitrogens is 2. The highest BCUT2D eigenvalue weighted by Crippen LogP contribution is 2.16. The lowest BCUT2D eigenvalue weighted by Gasteiger charge is -2.02. The number of rotatable bonds is 5. The maximum absolute atomic E-state index is 12.3. The molecule has 0 spiro atoms. The van der Waals surface area contributed by atoms with E-state index in [9.17, 15) is 4.79 Å². The third-order valence-electron chi connectivity index (χ3n) is 3.22. The summed E-state index contributed by atoms with van der Waals surface area (Å²) < 4.78 is 7.14. The highest BCUT2D eigenvalue weighted by molar-refractivity contribution is 7.15. The van der Waals surface area contributed by atoms with Crippen LogP contribution >= 0.6 is 11.3 Å². The van der Waals surface area contributed by atoms with Gasteiger partial charge in [0.25, 0.3) is 5.91 Å². The highest BCUT2D eigenvalue weighted by atomic mass is 32.1. The molecule has 0 aliphatic rings. The average molecular weight is 328 g/mol. The number of benzene rings is 1. The van der Waals surface area contributed by atoms with Gasteiger partial charge in [0, 0.05) is 11.6 Å². The molecule has 1 N–H and O–H groups in total. The Bertz CT molecular complexity index is 849. The lowest BCUT2D eigenvalue weighted by molar-refractivity contribution is 0.0948. The predicted octanol–water partition coefficient (Wildman–Crippen LogP) is 2.87. The van der Waals surface area contributed by atoms with Crippen molar-refractivity contribution in [2.75, 3.05) is 6.61 Å². The zero-order chi connectivity index (χ0) is 16.2. The number of ether oxygens (including phenoxy) is 1. The zero-order valence-electron chi connectivity index (χ0n) is 12.8. The van der Waals surface area contributed by atoms with Crippen molar-refractivity contribution in [2.45, 2.75) is 13.8 Å². The number of carbonyl (C=O) groups excluding carboxylic acids is 1. The van der Waals surface area contributed by atoms with Crippen molar-refractivity contribution in [3.8, 4) is 5.75 Å². The molecule has 0 saturated heterocycles. The van der Waals surface area contributed by atoms with Gasteiger partial charge < -0.3 is 4.74 Å². The number of imidazole rings is 1. The molecule has 118 valence electrons. The second-order valence-corrected chi connectivity index (χ2v) is 5.68. The van der Waals surface area contributed by atoms with Gasteiger partial charge in [-0.25, -0.2) is 10.4 Å². The molecule has 0 unspecified atom stereocenters. The Morgan fingerprint density at radius 2 is 2.22 bits per heavy atom. The number of hydrazone groups is 1. The molecule has 7 heteroatoms. The second kappa shape index (κ2) is 6.62. The zero-order valence-corrected chi connectivity index (χ0v) is 13.6. The minimum atomic E-state index is -0.282. The van der Waals surface area contributed by atoms with Crippen molar-refractivity contribution < 1.29 is 9.53 Å². The van der Waals surface area contributed by atoms with E-state index in [0.717, 1.165) is 16.3 Å². The van der Waals surface area contributed by atoms with E-state index in [0.29, 0.717) is 18.0 Å². The van der Waals surface area contributed by atoms with Gasteiger partial charge in [-0.3, -0.25) is 9.20 Å². The van der Waals surface area contributed by atoms with E-state index in [1.165, 1.54) is 11.3 Å². The Hall–Kier alpha value is -2.67. The smallest absolute Gasteiger partial charge is 0.290 e. The number of hydrogen-bond acceptors (Lipinski definition) is 5.